The average Bonchev–Trinajstić information content (AvgIpc) is 3.73. The second-order valence-corrected chi connectivity index (χ2v) is 16.7. The highest BCUT2D eigenvalue weighted by molar-refractivity contribution is 7.26. The van der Waals surface area contributed by atoms with E-state index >= 15 is 0 Å². The molecule has 3 heterocycles. The molecule has 0 N–H and O–H groups in total. The van der Waals surface area contributed by atoms with Crippen LogP contribution in [0.2, 0.25) is 0 Å². The molecule has 4 nitrogen and oxygen atoms in total. The Labute approximate surface area is 363 Å². The summed E-state index contributed by atoms with van der Waals surface area (Å²) in [4.78, 5) is 17.7. The van der Waals surface area contributed by atoms with E-state index in [1.54, 1.807) is 0 Å². The second kappa shape index (κ2) is 14.9. The molecule has 1 aliphatic rings. The zero-order valence-electron chi connectivity index (χ0n) is 33.5. The number of rotatable bonds is 7. The maximum atomic E-state index is 5.13. The first-order valence-electron chi connectivity index (χ1n) is 20.8. The van der Waals surface area contributed by atoms with Crippen molar-refractivity contribution in [1.82, 2.24) is 15.0 Å². The van der Waals surface area contributed by atoms with Gasteiger partial charge in [-0.3, -0.25) is 0 Å². The SMILES string of the molecule is C1=CN(c2ccccc2)c2c3sc4cc(-c5ccc(-c6nc(-c7cccc(-c8ccccc8)c7)nc(-c7cccc(-c8ccccc8)c7)n6)cc5)ccc4c3cc3cccc1c23. The fourth-order valence-electron chi connectivity index (χ4n) is 8.78. The molecule has 0 saturated carbocycles. The lowest BCUT2D eigenvalue weighted by atomic mass is 9.96. The van der Waals surface area contributed by atoms with Gasteiger partial charge >= 0.3 is 0 Å². The van der Waals surface area contributed by atoms with Crippen molar-refractivity contribution >= 4 is 59.7 Å². The lowest BCUT2D eigenvalue weighted by Crippen LogP contribution is -2.11. The summed E-state index contributed by atoms with van der Waals surface area (Å²) in [6.45, 7) is 0. The molecule has 9 aromatic carbocycles. The highest BCUT2D eigenvalue weighted by atomic mass is 32.1. The van der Waals surface area contributed by atoms with Crippen LogP contribution in [0.1, 0.15) is 5.56 Å². The number of aromatic nitrogens is 3. The third kappa shape index (κ3) is 6.35. The summed E-state index contributed by atoms with van der Waals surface area (Å²) >= 11 is 1.87. The van der Waals surface area contributed by atoms with Crippen LogP contribution in [0, 0.1) is 0 Å². The maximum Gasteiger partial charge on any atom is 0.164 e. The van der Waals surface area contributed by atoms with Gasteiger partial charge in [-0.2, -0.15) is 0 Å². The van der Waals surface area contributed by atoms with Gasteiger partial charge in [0.25, 0.3) is 0 Å². The van der Waals surface area contributed by atoms with E-state index in [0.29, 0.717) is 17.5 Å². The van der Waals surface area contributed by atoms with E-state index in [1.807, 2.05) is 23.5 Å². The number of anilines is 2. The molecule has 0 amide bonds. The Hall–Kier alpha value is -7.99. The van der Waals surface area contributed by atoms with E-state index < -0.39 is 0 Å². The van der Waals surface area contributed by atoms with Gasteiger partial charge in [0.15, 0.2) is 17.5 Å². The number of benzene rings is 9. The van der Waals surface area contributed by atoms with Crippen LogP contribution in [0.3, 0.4) is 0 Å². The van der Waals surface area contributed by atoms with Gasteiger partial charge in [-0.1, -0.05) is 170 Å². The summed E-state index contributed by atoms with van der Waals surface area (Å²) < 4.78 is 2.56. The van der Waals surface area contributed by atoms with Crippen LogP contribution in [0.25, 0.3) is 105 Å². The first-order valence-corrected chi connectivity index (χ1v) is 21.6. The van der Waals surface area contributed by atoms with Crippen molar-refractivity contribution in [2.45, 2.75) is 0 Å². The van der Waals surface area contributed by atoms with Gasteiger partial charge in [0, 0.05) is 49.4 Å². The van der Waals surface area contributed by atoms with Crippen LogP contribution < -0.4 is 4.90 Å². The fraction of sp³-hybridized carbons (Fsp3) is 0. The van der Waals surface area contributed by atoms with E-state index in [-0.39, 0.29) is 0 Å². The molecule has 0 unspecified atom stereocenters. The third-order valence-electron chi connectivity index (χ3n) is 11.9. The van der Waals surface area contributed by atoms with Crippen LogP contribution >= 0.6 is 11.3 Å². The summed E-state index contributed by atoms with van der Waals surface area (Å²) in [5.41, 5.74) is 13.3. The Morgan fingerprint density at radius 1 is 0.371 bits per heavy atom. The van der Waals surface area contributed by atoms with Crippen molar-refractivity contribution in [2.75, 3.05) is 4.90 Å². The quantitative estimate of drug-likeness (QED) is 0.161. The van der Waals surface area contributed by atoms with Crippen molar-refractivity contribution in [3.63, 3.8) is 0 Å². The van der Waals surface area contributed by atoms with Gasteiger partial charge in [-0.25, -0.2) is 15.0 Å². The molecule has 290 valence electrons. The molecule has 1 aliphatic heterocycles. The maximum absolute atomic E-state index is 5.13. The number of fused-ring (bicyclic) bond motifs is 4. The molecule has 5 heteroatoms. The van der Waals surface area contributed by atoms with E-state index in [2.05, 4.69) is 211 Å². The Bertz CT molecular complexity index is 3400. The van der Waals surface area contributed by atoms with Crippen molar-refractivity contribution in [3.8, 4) is 67.5 Å². The second-order valence-electron chi connectivity index (χ2n) is 15.7. The van der Waals surface area contributed by atoms with E-state index in [9.17, 15) is 0 Å². The summed E-state index contributed by atoms with van der Waals surface area (Å²) in [5, 5.41) is 5.11. The third-order valence-corrected chi connectivity index (χ3v) is 13.0. The molecule has 2 aromatic heterocycles. The molecule has 0 fully saturated rings. The number of nitrogens with zero attached hydrogens (tertiary/aromatic N) is 4. The lowest BCUT2D eigenvalue weighted by Gasteiger charge is -2.27. The molecule has 12 rings (SSSR count). The number of hydrogen-bond donors (Lipinski definition) is 0. The predicted octanol–water partition coefficient (Wildman–Crippen LogP) is 15.5. The fourth-order valence-corrected chi connectivity index (χ4v) is 10.1. The van der Waals surface area contributed by atoms with E-state index in [0.717, 1.165) is 50.2 Å². The Morgan fingerprint density at radius 2 is 0.871 bits per heavy atom. The molecule has 0 spiro atoms. The summed E-state index contributed by atoms with van der Waals surface area (Å²) in [5.74, 6) is 1.89. The lowest BCUT2D eigenvalue weighted by molar-refractivity contribution is 1.07. The molecular weight excluding hydrogens is 773 g/mol. The zero-order valence-corrected chi connectivity index (χ0v) is 34.3. The first kappa shape index (κ1) is 35.9. The van der Waals surface area contributed by atoms with Gasteiger partial charge in [-0.15, -0.1) is 11.3 Å². The number of para-hydroxylation sites is 1. The van der Waals surface area contributed by atoms with Crippen LogP contribution in [0.4, 0.5) is 11.4 Å². The van der Waals surface area contributed by atoms with Crippen molar-refractivity contribution < 1.29 is 0 Å². The highest BCUT2D eigenvalue weighted by Gasteiger charge is 2.23. The van der Waals surface area contributed by atoms with E-state index in [4.69, 9.17) is 15.0 Å². The topological polar surface area (TPSA) is 41.9 Å². The van der Waals surface area contributed by atoms with Crippen LogP contribution in [-0.4, -0.2) is 15.0 Å². The van der Waals surface area contributed by atoms with E-state index in [1.165, 1.54) is 47.8 Å². The van der Waals surface area contributed by atoms with Crippen LogP contribution in [0.5, 0.6) is 0 Å². The Balaban J connectivity index is 0.943. The Morgan fingerprint density at radius 3 is 1.52 bits per heavy atom. The van der Waals surface area contributed by atoms with Gasteiger partial charge < -0.3 is 4.90 Å². The minimum absolute atomic E-state index is 0.629. The zero-order chi connectivity index (χ0) is 41.0. The van der Waals surface area contributed by atoms with Gasteiger partial charge in [0.05, 0.1) is 10.4 Å². The van der Waals surface area contributed by atoms with Crippen molar-refractivity contribution in [1.29, 1.82) is 0 Å². The minimum Gasteiger partial charge on any atom is -0.315 e. The molecule has 0 aliphatic carbocycles. The predicted molar refractivity (Wildman–Crippen MR) is 260 cm³/mol. The smallest absolute Gasteiger partial charge is 0.164 e. The average molecular weight is 809 g/mol. The largest absolute Gasteiger partial charge is 0.315 e. The first-order chi connectivity index (χ1) is 30.7. The molecule has 0 atom stereocenters. The molecule has 62 heavy (non-hydrogen) atoms. The standard InChI is InChI=1S/C57H36N4S/c1-4-13-37(14-5-1)42-18-11-21-46(33-42)56-58-55(59-57(60-56)47-22-12-19-43(34-47)38-15-6-2-7-16-38)41-27-25-39(26-28-41)44-29-30-49-50-35-45-20-10-17-40-31-32-61(48-23-8-3-9-24-48)53(52(40)45)54(50)62-51(49)36-44/h1-36H. The molecule has 0 saturated heterocycles. The normalized spacial score (nSPS) is 12.1. The number of thiophene rings is 1. The molecule has 0 radical (unpaired) electrons. The summed E-state index contributed by atoms with van der Waals surface area (Å²) in [6.07, 6.45) is 4.44. The minimum atomic E-state index is 0.629. The molecular formula is C57H36N4S. The monoisotopic (exact) mass is 808 g/mol. The van der Waals surface area contributed by atoms with Gasteiger partial charge in [0.1, 0.15) is 0 Å². The summed E-state index contributed by atoms with van der Waals surface area (Å²) in [6, 6.07) is 72.9. The number of hydrogen-bond acceptors (Lipinski definition) is 5. The van der Waals surface area contributed by atoms with Crippen LogP contribution in [0.15, 0.2) is 212 Å². The van der Waals surface area contributed by atoms with Gasteiger partial charge in [0.2, 0.25) is 0 Å². The van der Waals surface area contributed by atoms with Crippen LogP contribution in [-0.2, 0) is 0 Å². The van der Waals surface area contributed by atoms with Gasteiger partial charge in [-0.05, 0) is 86.8 Å². The Kier molecular flexibility index (Phi) is 8.65. The molecule has 11 aromatic rings. The highest BCUT2D eigenvalue weighted by Crippen LogP contribution is 2.49. The van der Waals surface area contributed by atoms with Crippen molar-refractivity contribution in [2.24, 2.45) is 0 Å². The molecule has 0 bridgehead atoms. The van der Waals surface area contributed by atoms with Crippen molar-refractivity contribution in [3.05, 3.63) is 218 Å². The summed E-state index contributed by atoms with van der Waals surface area (Å²) in [7, 11) is 0.